The molecule has 3 heteroatoms. The van der Waals surface area contributed by atoms with Crippen molar-refractivity contribution in [2.45, 2.75) is 0 Å². The first kappa shape index (κ1) is 20.7. The number of aromatic nitrogens is 2. The molecule has 0 aliphatic rings. The van der Waals surface area contributed by atoms with Crippen LogP contribution in [0, 0.1) is 0 Å². The number of hydrogen-bond acceptors (Lipinski definition) is 1. The van der Waals surface area contributed by atoms with Crippen molar-refractivity contribution in [3.05, 3.63) is 133 Å². The van der Waals surface area contributed by atoms with E-state index in [1.807, 2.05) is 0 Å². The lowest BCUT2D eigenvalue weighted by molar-refractivity contribution is 0.669. The normalized spacial score (nSPS) is 12.1. The van der Waals surface area contributed by atoms with Crippen molar-refractivity contribution >= 4 is 65.6 Å². The molecule has 0 fully saturated rings. The van der Waals surface area contributed by atoms with E-state index in [4.69, 9.17) is 4.42 Å². The molecule has 182 valence electrons. The molecular weight excluding hydrogens is 476 g/mol. The molecule has 9 rings (SSSR count). The monoisotopic (exact) mass is 498 g/mol. The second-order valence-corrected chi connectivity index (χ2v) is 10.2. The van der Waals surface area contributed by atoms with Crippen LogP contribution in [-0.4, -0.2) is 9.13 Å². The fourth-order valence-corrected chi connectivity index (χ4v) is 6.50. The lowest BCUT2D eigenvalue weighted by atomic mass is 10.1. The topological polar surface area (TPSA) is 23.0 Å². The summed E-state index contributed by atoms with van der Waals surface area (Å²) >= 11 is 0. The molecule has 0 aliphatic heterocycles. The number of furan rings is 1. The third-order valence-electron chi connectivity index (χ3n) is 8.12. The van der Waals surface area contributed by atoms with Gasteiger partial charge in [-0.1, -0.05) is 78.9 Å². The van der Waals surface area contributed by atoms with Gasteiger partial charge in [0.15, 0.2) is 0 Å². The number of fused-ring (bicyclic) bond motifs is 9. The Morgan fingerprint density at radius 2 is 0.897 bits per heavy atom. The minimum Gasteiger partial charge on any atom is -0.456 e. The molecule has 0 saturated heterocycles. The van der Waals surface area contributed by atoms with Gasteiger partial charge in [0.25, 0.3) is 0 Å². The number of hydrogen-bond donors (Lipinski definition) is 0. The largest absolute Gasteiger partial charge is 0.456 e. The lowest BCUT2D eigenvalue weighted by Crippen LogP contribution is -1.95. The highest BCUT2D eigenvalue weighted by Crippen LogP contribution is 2.40. The highest BCUT2D eigenvalue weighted by molar-refractivity contribution is 6.15. The predicted octanol–water partition coefficient (Wildman–Crippen LogP) is 9.78. The van der Waals surface area contributed by atoms with Crippen LogP contribution in [0.1, 0.15) is 0 Å². The van der Waals surface area contributed by atoms with E-state index < -0.39 is 0 Å². The zero-order valence-electron chi connectivity index (χ0n) is 21.0. The summed E-state index contributed by atoms with van der Waals surface area (Å²) in [5.41, 5.74) is 8.83. The number of rotatable bonds is 2. The fraction of sp³-hybridized carbons (Fsp3) is 0. The van der Waals surface area contributed by atoms with Gasteiger partial charge in [0, 0.05) is 32.6 Å². The van der Waals surface area contributed by atoms with Crippen molar-refractivity contribution in [1.82, 2.24) is 9.13 Å². The molecule has 39 heavy (non-hydrogen) atoms. The van der Waals surface area contributed by atoms with Gasteiger partial charge in [-0.2, -0.15) is 0 Å². The first-order valence-corrected chi connectivity index (χ1v) is 13.3. The molecule has 0 amide bonds. The summed E-state index contributed by atoms with van der Waals surface area (Å²) in [6.45, 7) is 0. The van der Waals surface area contributed by atoms with Crippen LogP contribution in [0.25, 0.3) is 76.9 Å². The van der Waals surface area contributed by atoms with Crippen LogP contribution < -0.4 is 0 Å². The molecule has 0 aliphatic carbocycles. The average Bonchev–Trinajstić information content (AvgIpc) is 3.64. The molecule has 3 aromatic heterocycles. The van der Waals surface area contributed by atoms with E-state index in [1.165, 1.54) is 43.6 Å². The van der Waals surface area contributed by atoms with Gasteiger partial charge in [-0.3, -0.25) is 0 Å². The van der Waals surface area contributed by atoms with Crippen molar-refractivity contribution < 1.29 is 4.42 Å². The van der Waals surface area contributed by atoms with Gasteiger partial charge in [0.1, 0.15) is 11.2 Å². The van der Waals surface area contributed by atoms with E-state index >= 15 is 0 Å². The Kier molecular flexibility index (Phi) is 4.05. The minimum absolute atomic E-state index is 0.891. The van der Waals surface area contributed by atoms with E-state index in [0.29, 0.717) is 0 Å². The van der Waals surface area contributed by atoms with Gasteiger partial charge in [-0.15, -0.1) is 0 Å². The van der Waals surface area contributed by atoms with Crippen molar-refractivity contribution in [2.75, 3.05) is 0 Å². The molecule has 0 atom stereocenters. The maximum atomic E-state index is 6.44. The van der Waals surface area contributed by atoms with Gasteiger partial charge in [-0.25, -0.2) is 0 Å². The molecule has 0 radical (unpaired) electrons. The zero-order valence-corrected chi connectivity index (χ0v) is 21.0. The molecule has 3 heterocycles. The predicted molar refractivity (Wildman–Crippen MR) is 162 cm³/mol. The highest BCUT2D eigenvalue weighted by Gasteiger charge is 2.19. The summed E-state index contributed by atoms with van der Waals surface area (Å²) < 4.78 is 11.2. The van der Waals surface area contributed by atoms with Gasteiger partial charge >= 0.3 is 0 Å². The van der Waals surface area contributed by atoms with Crippen LogP contribution >= 0.6 is 0 Å². The summed E-state index contributed by atoms with van der Waals surface area (Å²) in [6.07, 6.45) is 0. The van der Waals surface area contributed by atoms with Crippen molar-refractivity contribution in [3.8, 4) is 11.4 Å². The number of benzene rings is 6. The van der Waals surface area contributed by atoms with E-state index in [9.17, 15) is 0 Å². The SMILES string of the molecule is c1cc(-n2c3ccccc3c3ccccc32)c2c(c1)oc1ccc(-n3c4ccccc4c4ccccc43)cc12. The Bertz CT molecular complexity index is 2290. The van der Waals surface area contributed by atoms with Gasteiger partial charge in [-0.05, 0) is 54.6 Å². The van der Waals surface area contributed by atoms with E-state index in [2.05, 4.69) is 143 Å². The molecule has 0 saturated carbocycles. The maximum absolute atomic E-state index is 6.44. The van der Waals surface area contributed by atoms with E-state index in [-0.39, 0.29) is 0 Å². The highest BCUT2D eigenvalue weighted by atomic mass is 16.3. The number of para-hydroxylation sites is 4. The molecular formula is C36H22N2O. The summed E-state index contributed by atoms with van der Waals surface area (Å²) in [4.78, 5) is 0. The third kappa shape index (κ3) is 2.76. The Hall–Kier alpha value is -5.28. The molecule has 6 aromatic carbocycles. The van der Waals surface area contributed by atoms with Crippen LogP contribution in [0.2, 0.25) is 0 Å². The first-order chi connectivity index (χ1) is 19.4. The molecule has 0 N–H and O–H groups in total. The van der Waals surface area contributed by atoms with E-state index in [1.54, 1.807) is 0 Å². The molecule has 9 aromatic rings. The molecule has 0 bridgehead atoms. The van der Waals surface area contributed by atoms with Crippen LogP contribution in [0.15, 0.2) is 138 Å². The van der Waals surface area contributed by atoms with E-state index in [0.717, 1.165) is 33.3 Å². The Balaban J connectivity index is 1.40. The van der Waals surface area contributed by atoms with Crippen LogP contribution in [0.3, 0.4) is 0 Å². The summed E-state index contributed by atoms with van der Waals surface area (Å²) in [5, 5.41) is 7.27. The summed E-state index contributed by atoms with van der Waals surface area (Å²) in [7, 11) is 0. The Labute approximate surface area is 223 Å². The second-order valence-electron chi connectivity index (χ2n) is 10.2. The van der Waals surface area contributed by atoms with Crippen molar-refractivity contribution in [3.63, 3.8) is 0 Å². The average molecular weight is 499 g/mol. The molecule has 0 spiro atoms. The van der Waals surface area contributed by atoms with Crippen LogP contribution in [0.5, 0.6) is 0 Å². The standard InChI is InChI=1S/C36H22N2O/c1-5-14-29-24(10-1)25-11-2-6-15-30(25)37(29)23-20-21-34-28(22-23)36-33(18-9-19-35(36)39-34)38-31-16-7-3-12-26(31)27-13-4-8-17-32(27)38/h1-22H. The van der Waals surface area contributed by atoms with Gasteiger partial charge in [0.05, 0.1) is 33.1 Å². The summed E-state index contributed by atoms with van der Waals surface area (Å²) in [6, 6.07) is 47.5. The Morgan fingerprint density at radius 3 is 1.46 bits per heavy atom. The second kappa shape index (κ2) is 7.62. The first-order valence-electron chi connectivity index (χ1n) is 13.3. The van der Waals surface area contributed by atoms with Crippen molar-refractivity contribution in [2.24, 2.45) is 0 Å². The smallest absolute Gasteiger partial charge is 0.137 e. The van der Waals surface area contributed by atoms with Crippen LogP contribution in [0.4, 0.5) is 0 Å². The van der Waals surface area contributed by atoms with Gasteiger partial charge in [0.2, 0.25) is 0 Å². The van der Waals surface area contributed by atoms with Crippen molar-refractivity contribution in [1.29, 1.82) is 0 Å². The maximum Gasteiger partial charge on any atom is 0.137 e. The summed E-state index contributed by atoms with van der Waals surface area (Å²) in [5.74, 6) is 0. The third-order valence-corrected chi connectivity index (χ3v) is 8.12. The zero-order chi connectivity index (χ0) is 25.5. The lowest BCUT2D eigenvalue weighted by Gasteiger charge is -2.10. The molecule has 0 unspecified atom stereocenters. The number of nitrogens with zero attached hydrogens (tertiary/aromatic N) is 2. The quantitative estimate of drug-likeness (QED) is 0.233. The fourth-order valence-electron chi connectivity index (χ4n) is 6.50. The molecule has 3 nitrogen and oxygen atoms in total. The van der Waals surface area contributed by atoms with Gasteiger partial charge < -0.3 is 13.6 Å². The minimum atomic E-state index is 0.891. The Morgan fingerprint density at radius 1 is 0.385 bits per heavy atom. The van der Waals surface area contributed by atoms with Crippen LogP contribution in [-0.2, 0) is 0 Å².